The van der Waals surface area contributed by atoms with Crippen LogP contribution in [0.25, 0.3) is 4.96 Å². The summed E-state index contributed by atoms with van der Waals surface area (Å²) in [6, 6.07) is 7.86. The SMILES string of the molecule is COc1ccc(C(C)(C)C)cc1NCc1cc(=O)n2c3c(sc2n1)CCCC3. The summed E-state index contributed by atoms with van der Waals surface area (Å²) in [4.78, 5) is 19.6. The Balaban J connectivity index is 1.63. The maximum absolute atomic E-state index is 12.7. The third-order valence-electron chi connectivity index (χ3n) is 5.34. The quantitative estimate of drug-likeness (QED) is 0.702. The van der Waals surface area contributed by atoms with Crippen LogP contribution in [-0.4, -0.2) is 16.5 Å². The number of methoxy groups -OCH3 is 1. The van der Waals surface area contributed by atoms with Gasteiger partial charge in [0.25, 0.3) is 5.56 Å². The van der Waals surface area contributed by atoms with Crippen LogP contribution in [0.1, 0.15) is 55.4 Å². The Kier molecular flexibility index (Phi) is 4.91. The number of hydrogen-bond acceptors (Lipinski definition) is 5. The number of fused-ring (bicyclic) bond motifs is 3. The van der Waals surface area contributed by atoms with Gasteiger partial charge in [0.05, 0.1) is 25.0 Å². The first kappa shape index (κ1) is 19.0. The molecule has 0 radical (unpaired) electrons. The second kappa shape index (κ2) is 7.24. The van der Waals surface area contributed by atoms with E-state index in [-0.39, 0.29) is 11.0 Å². The van der Waals surface area contributed by atoms with E-state index in [0.29, 0.717) is 6.54 Å². The summed E-state index contributed by atoms with van der Waals surface area (Å²) in [7, 11) is 1.67. The number of aromatic nitrogens is 2. The fourth-order valence-electron chi connectivity index (χ4n) is 3.73. The van der Waals surface area contributed by atoms with Crippen LogP contribution >= 0.6 is 11.3 Å². The van der Waals surface area contributed by atoms with Crippen LogP contribution in [-0.2, 0) is 24.8 Å². The molecule has 0 aliphatic heterocycles. The Hall–Kier alpha value is -2.34. The molecule has 148 valence electrons. The zero-order chi connectivity index (χ0) is 19.9. The average molecular weight is 398 g/mol. The van der Waals surface area contributed by atoms with Crippen molar-refractivity contribution < 1.29 is 4.74 Å². The van der Waals surface area contributed by atoms with E-state index in [9.17, 15) is 4.79 Å². The molecule has 0 spiro atoms. The Bertz CT molecular complexity index is 1080. The summed E-state index contributed by atoms with van der Waals surface area (Å²) in [5, 5.41) is 3.42. The Morgan fingerprint density at radius 1 is 1.21 bits per heavy atom. The first-order valence-electron chi connectivity index (χ1n) is 9.82. The lowest BCUT2D eigenvalue weighted by Crippen LogP contribution is -2.19. The van der Waals surface area contributed by atoms with Gasteiger partial charge in [-0.2, -0.15) is 0 Å². The van der Waals surface area contributed by atoms with Crippen molar-refractivity contribution in [2.24, 2.45) is 0 Å². The van der Waals surface area contributed by atoms with E-state index in [1.54, 1.807) is 24.5 Å². The molecule has 4 rings (SSSR count). The first-order valence-corrected chi connectivity index (χ1v) is 10.6. The third-order valence-corrected chi connectivity index (χ3v) is 6.48. The molecule has 0 saturated heterocycles. The van der Waals surface area contributed by atoms with Gasteiger partial charge in [-0.1, -0.05) is 26.8 Å². The molecule has 2 aromatic heterocycles. The molecule has 1 aliphatic rings. The number of nitrogens with zero attached hydrogens (tertiary/aromatic N) is 2. The van der Waals surface area contributed by atoms with Gasteiger partial charge in [0.2, 0.25) is 0 Å². The van der Waals surface area contributed by atoms with Crippen LogP contribution in [0.4, 0.5) is 5.69 Å². The molecular weight excluding hydrogens is 370 g/mol. The molecule has 1 N–H and O–H groups in total. The average Bonchev–Trinajstić information content (AvgIpc) is 3.04. The lowest BCUT2D eigenvalue weighted by atomic mass is 9.87. The van der Waals surface area contributed by atoms with Crippen molar-refractivity contribution in [2.75, 3.05) is 12.4 Å². The minimum atomic E-state index is 0.0246. The van der Waals surface area contributed by atoms with Crippen LogP contribution < -0.4 is 15.6 Å². The maximum atomic E-state index is 12.7. The van der Waals surface area contributed by atoms with Crippen LogP contribution in [0.5, 0.6) is 5.75 Å². The number of anilines is 1. The van der Waals surface area contributed by atoms with Gasteiger partial charge < -0.3 is 10.1 Å². The third kappa shape index (κ3) is 3.53. The number of aryl methyl sites for hydroxylation is 2. The van der Waals surface area contributed by atoms with Crippen LogP contribution in [0.2, 0.25) is 0 Å². The smallest absolute Gasteiger partial charge is 0.259 e. The van der Waals surface area contributed by atoms with E-state index in [4.69, 9.17) is 9.72 Å². The van der Waals surface area contributed by atoms with Crippen LogP contribution in [0, 0.1) is 0 Å². The van der Waals surface area contributed by atoms with Crippen LogP contribution in [0.3, 0.4) is 0 Å². The normalized spacial score (nSPS) is 14.1. The van der Waals surface area contributed by atoms with Crippen LogP contribution in [0.15, 0.2) is 29.1 Å². The van der Waals surface area contributed by atoms with Gasteiger partial charge in [-0.3, -0.25) is 9.20 Å². The minimum Gasteiger partial charge on any atom is -0.495 e. The van der Waals surface area contributed by atoms with Crippen molar-refractivity contribution in [2.45, 2.75) is 58.4 Å². The van der Waals surface area contributed by atoms with Gasteiger partial charge in [0, 0.05) is 16.6 Å². The fourth-order valence-corrected chi connectivity index (χ4v) is 4.96. The topological polar surface area (TPSA) is 55.6 Å². The standard InChI is InChI=1S/C22H27N3O2S/c1-22(2,3)14-9-10-18(27-4)16(11-14)23-13-15-12-20(26)25-17-7-5-6-8-19(17)28-21(25)24-15/h9-12,23H,5-8,13H2,1-4H3. The molecule has 0 saturated carbocycles. The molecule has 5 nitrogen and oxygen atoms in total. The highest BCUT2D eigenvalue weighted by Crippen LogP contribution is 2.32. The van der Waals surface area contributed by atoms with E-state index in [0.717, 1.165) is 41.4 Å². The molecule has 0 bridgehead atoms. The van der Waals surface area contributed by atoms with E-state index in [1.807, 2.05) is 10.5 Å². The van der Waals surface area contributed by atoms with E-state index in [2.05, 4.69) is 38.2 Å². The minimum absolute atomic E-state index is 0.0246. The molecule has 3 aromatic rings. The Morgan fingerprint density at radius 3 is 2.75 bits per heavy atom. The lowest BCUT2D eigenvalue weighted by molar-refractivity contribution is 0.416. The highest BCUT2D eigenvalue weighted by atomic mass is 32.1. The summed E-state index contributed by atoms with van der Waals surface area (Å²) < 4.78 is 7.31. The zero-order valence-corrected chi connectivity index (χ0v) is 17.8. The summed E-state index contributed by atoms with van der Waals surface area (Å²) in [6.45, 7) is 7.05. The van der Waals surface area contributed by atoms with Gasteiger partial charge in [0.15, 0.2) is 4.96 Å². The predicted molar refractivity (Wildman–Crippen MR) is 115 cm³/mol. The molecule has 1 aromatic carbocycles. The number of benzene rings is 1. The number of nitrogens with one attached hydrogen (secondary N) is 1. The molecular formula is C22H27N3O2S. The number of rotatable bonds is 4. The zero-order valence-electron chi connectivity index (χ0n) is 17.0. The summed E-state index contributed by atoms with van der Waals surface area (Å²) in [5.74, 6) is 0.789. The Labute approximate surface area is 169 Å². The van der Waals surface area contributed by atoms with Gasteiger partial charge in [-0.05, 0) is 48.8 Å². The van der Waals surface area contributed by atoms with Crippen molar-refractivity contribution in [3.63, 3.8) is 0 Å². The molecule has 0 atom stereocenters. The second-order valence-corrected chi connectivity index (χ2v) is 9.46. The van der Waals surface area contributed by atoms with Crippen molar-refractivity contribution in [3.05, 3.63) is 56.4 Å². The van der Waals surface area contributed by atoms with E-state index in [1.165, 1.54) is 22.6 Å². The van der Waals surface area contributed by atoms with Gasteiger partial charge >= 0.3 is 0 Å². The largest absolute Gasteiger partial charge is 0.495 e. The molecule has 0 fully saturated rings. The maximum Gasteiger partial charge on any atom is 0.259 e. The van der Waals surface area contributed by atoms with Crippen molar-refractivity contribution in [1.29, 1.82) is 0 Å². The molecule has 1 aliphatic carbocycles. The Morgan fingerprint density at radius 2 is 2.00 bits per heavy atom. The summed E-state index contributed by atoms with van der Waals surface area (Å²) in [5.41, 5.74) is 4.15. The molecule has 2 heterocycles. The predicted octanol–water partition coefficient (Wildman–Crippen LogP) is 4.55. The van der Waals surface area contributed by atoms with Crippen molar-refractivity contribution >= 4 is 22.0 Å². The molecule has 0 unspecified atom stereocenters. The van der Waals surface area contributed by atoms with Gasteiger partial charge in [-0.15, -0.1) is 11.3 Å². The van der Waals surface area contributed by atoms with Gasteiger partial charge in [0.1, 0.15) is 5.75 Å². The van der Waals surface area contributed by atoms with Gasteiger partial charge in [-0.25, -0.2) is 4.98 Å². The first-order chi connectivity index (χ1) is 13.4. The second-order valence-electron chi connectivity index (χ2n) is 8.40. The van der Waals surface area contributed by atoms with E-state index < -0.39 is 0 Å². The monoisotopic (exact) mass is 397 g/mol. The highest BCUT2D eigenvalue weighted by molar-refractivity contribution is 7.17. The van der Waals surface area contributed by atoms with Crippen molar-refractivity contribution in [3.8, 4) is 5.75 Å². The molecule has 28 heavy (non-hydrogen) atoms. The number of ether oxygens (including phenoxy) is 1. The summed E-state index contributed by atoms with van der Waals surface area (Å²) >= 11 is 1.66. The molecule has 6 heteroatoms. The number of thiazole rings is 1. The molecule has 0 amide bonds. The summed E-state index contributed by atoms with van der Waals surface area (Å²) in [6.07, 6.45) is 4.39. The van der Waals surface area contributed by atoms with E-state index >= 15 is 0 Å². The lowest BCUT2D eigenvalue weighted by Gasteiger charge is -2.21. The fraction of sp³-hybridized carbons (Fsp3) is 0.455. The van der Waals surface area contributed by atoms with Crippen molar-refractivity contribution in [1.82, 2.24) is 9.38 Å². The number of hydrogen-bond donors (Lipinski definition) is 1. The highest BCUT2D eigenvalue weighted by Gasteiger charge is 2.19.